The first-order chi connectivity index (χ1) is 19.4. The molecule has 206 valence electrons. The van der Waals surface area contributed by atoms with Gasteiger partial charge in [0, 0.05) is 41.7 Å². The van der Waals surface area contributed by atoms with E-state index in [9.17, 15) is 19.3 Å². The fourth-order valence-corrected chi connectivity index (χ4v) is 4.45. The molecule has 0 aliphatic carbocycles. The van der Waals surface area contributed by atoms with E-state index in [1.54, 1.807) is 12.1 Å². The molecule has 12 nitrogen and oxygen atoms in total. The van der Waals surface area contributed by atoms with Crippen LogP contribution in [0.4, 0.5) is 10.1 Å². The Morgan fingerprint density at radius 1 is 1.18 bits per heavy atom. The van der Waals surface area contributed by atoms with Crippen LogP contribution in [0.2, 0.25) is 0 Å². The lowest BCUT2D eigenvalue weighted by molar-refractivity contribution is -0.384. The molecule has 1 N–H and O–H groups in total. The van der Waals surface area contributed by atoms with Crippen LogP contribution < -0.4 is 24.4 Å². The molecule has 0 fully saturated rings. The lowest BCUT2D eigenvalue weighted by Crippen LogP contribution is -2.18. The minimum Gasteiger partial charge on any atom is -0.492 e. The van der Waals surface area contributed by atoms with Crippen molar-refractivity contribution in [2.75, 3.05) is 21.0 Å². The van der Waals surface area contributed by atoms with Gasteiger partial charge in [-0.3, -0.25) is 14.9 Å². The monoisotopic (exact) mass is 550 g/mol. The highest BCUT2D eigenvalue weighted by Crippen LogP contribution is 2.52. The van der Waals surface area contributed by atoms with E-state index in [1.807, 2.05) is 0 Å². The van der Waals surface area contributed by atoms with Crippen molar-refractivity contribution in [1.29, 1.82) is 0 Å². The van der Waals surface area contributed by atoms with Gasteiger partial charge in [0.1, 0.15) is 11.9 Å². The van der Waals surface area contributed by atoms with Crippen molar-refractivity contribution in [3.05, 3.63) is 86.7 Å². The summed E-state index contributed by atoms with van der Waals surface area (Å²) < 4.78 is 36.0. The highest BCUT2D eigenvalue weighted by molar-refractivity contribution is 6.01. The van der Waals surface area contributed by atoms with Crippen LogP contribution in [0, 0.1) is 15.9 Å². The van der Waals surface area contributed by atoms with E-state index >= 15 is 0 Å². The number of methoxy groups -OCH3 is 2. The summed E-state index contributed by atoms with van der Waals surface area (Å²) in [4.78, 5) is 28.8. The number of fused-ring (bicyclic) bond motifs is 1. The molecule has 3 aromatic rings. The Morgan fingerprint density at radius 2 is 1.90 bits per heavy atom. The maximum Gasteiger partial charge on any atom is 0.271 e. The molecule has 0 saturated carbocycles. The third-order valence-electron chi connectivity index (χ3n) is 6.30. The Morgan fingerprint density at radius 3 is 2.60 bits per heavy atom. The summed E-state index contributed by atoms with van der Waals surface area (Å²) in [6.45, 7) is -0.0522. The summed E-state index contributed by atoms with van der Waals surface area (Å²) in [5.74, 6) is 0.339. The first-order valence-electron chi connectivity index (χ1n) is 12.0. The molecule has 5 rings (SSSR count). The van der Waals surface area contributed by atoms with Crippen LogP contribution in [0.3, 0.4) is 0 Å². The van der Waals surface area contributed by atoms with Gasteiger partial charge in [0.15, 0.2) is 11.5 Å². The quantitative estimate of drug-likeness (QED) is 0.239. The molecule has 40 heavy (non-hydrogen) atoms. The molecule has 0 spiro atoms. The number of nitrogens with one attached hydrogen (secondary N) is 1. The second kappa shape index (κ2) is 11.3. The average Bonchev–Trinajstić information content (AvgIpc) is 3.64. The minimum absolute atomic E-state index is 0.0522. The van der Waals surface area contributed by atoms with Crippen LogP contribution in [-0.4, -0.2) is 49.9 Å². The van der Waals surface area contributed by atoms with Crippen LogP contribution in [-0.2, 0) is 11.3 Å². The van der Waals surface area contributed by atoms with Gasteiger partial charge in [-0.2, -0.15) is 5.10 Å². The van der Waals surface area contributed by atoms with Crippen molar-refractivity contribution in [3.8, 4) is 23.0 Å². The summed E-state index contributed by atoms with van der Waals surface area (Å²) in [5.41, 5.74) is 4.65. The van der Waals surface area contributed by atoms with Gasteiger partial charge in [-0.25, -0.2) is 9.82 Å². The van der Waals surface area contributed by atoms with E-state index in [0.717, 1.165) is 11.6 Å². The summed E-state index contributed by atoms with van der Waals surface area (Å²) in [7, 11) is 2.93. The fourth-order valence-electron chi connectivity index (χ4n) is 4.45. The number of nitro benzene ring substituents is 1. The molecular formula is C27H23FN4O8. The Labute approximate surface area is 227 Å². The summed E-state index contributed by atoms with van der Waals surface area (Å²) >= 11 is 0. The molecule has 0 bridgehead atoms. The smallest absolute Gasteiger partial charge is 0.271 e. The number of ether oxygens (including phenoxy) is 4. The zero-order chi connectivity index (χ0) is 28.2. The molecule has 1 amide bonds. The Kier molecular flexibility index (Phi) is 7.44. The number of hydrogen-bond acceptors (Lipinski definition) is 10. The summed E-state index contributed by atoms with van der Waals surface area (Å²) in [5, 5.41) is 19.3. The third kappa shape index (κ3) is 5.21. The number of hydrazone groups is 1. The molecule has 13 heteroatoms. The first kappa shape index (κ1) is 26.4. The molecule has 0 radical (unpaired) electrons. The van der Waals surface area contributed by atoms with Crippen molar-refractivity contribution < 1.29 is 37.9 Å². The van der Waals surface area contributed by atoms with Crippen LogP contribution in [0.5, 0.6) is 23.0 Å². The number of carbonyl (C=O) groups excluding carboxylic acids is 1. The van der Waals surface area contributed by atoms with Gasteiger partial charge in [0.2, 0.25) is 18.3 Å². The van der Waals surface area contributed by atoms with Crippen LogP contribution >= 0.6 is 0 Å². The van der Waals surface area contributed by atoms with E-state index in [2.05, 4.69) is 15.7 Å². The van der Waals surface area contributed by atoms with E-state index in [-0.39, 0.29) is 30.3 Å². The predicted molar refractivity (Wildman–Crippen MR) is 140 cm³/mol. The molecule has 0 aromatic heterocycles. The van der Waals surface area contributed by atoms with Gasteiger partial charge < -0.3 is 23.8 Å². The normalized spacial score (nSPS) is 15.5. The van der Waals surface area contributed by atoms with E-state index in [1.165, 1.54) is 50.8 Å². The second-order valence-corrected chi connectivity index (χ2v) is 8.71. The highest BCUT2D eigenvalue weighted by Gasteiger charge is 2.34. The predicted octanol–water partition coefficient (Wildman–Crippen LogP) is 3.98. The van der Waals surface area contributed by atoms with Crippen molar-refractivity contribution >= 4 is 23.5 Å². The first-order valence-corrected chi connectivity index (χ1v) is 12.0. The lowest BCUT2D eigenvalue weighted by Gasteiger charge is -2.19. The largest absolute Gasteiger partial charge is 0.492 e. The average molecular weight is 550 g/mol. The number of benzene rings is 3. The number of non-ortho nitro benzene ring substituents is 1. The maximum atomic E-state index is 13.4. The topological polar surface area (TPSA) is 143 Å². The van der Waals surface area contributed by atoms with E-state index in [4.69, 9.17) is 23.8 Å². The number of halogens is 1. The molecule has 2 aliphatic rings. The second-order valence-electron chi connectivity index (χ2n) is 8.71. The minimum atomic E-state index is -0.648. The number of oxime groups is 1. The van der Waals surface area contributed by atoms with Gasteiger partial charge in [-0.05, 0) is 23.8 Å². The zero-order valence-electron chi connectivity index (χ0n) is 21.4. The van der Waals surface area contributed by atoms with Crippen LogP contribution in [0.25, 0.3) is 0 Å². The zero-order valence-corrected chi connectivity index (χ0v) is 21.4. The van der Waals surface area contributed by atoms with Crippen molar-refractivity contribution in [1.82, 2.24) is 5.43 Å². The maximum absolute atomic E-state index is 13.4. The van der Waals surface area contributed by atoms with Gasteiger partial charge >= 0.3 is 0 Å². The lowest BCUT2D eigenvalue weighted by atomic mass is 9.95. The standard InChI is InChI=1S/C27H23FN4O8/c1-36-23-20(11-19-12-22(31-40-19)15-6-8-17(28)9-7-15)21(24(37-2)26-25(23)38-14-39-26)13-29-30-27(33)16-4-3-5-18(10-16)32(34)35/h3-10,13,19H,11-12,14H2,1-2H3,(H,30,33)/b29-13-/t19-/m0/s1. The Balaban J connectivity index is 1.43. The summed E-state index contributed by atoms with van der Waals surface area (Å²) in [6.07, 6.45) is 1.67. The van der Waals surface area contributed by atoms with E-state index < -0.39 is 16.9 Å². The van der Waals surface area contributed by atoms with Crippen molar-refractivity contribution in [2.24, 2.45) is 10.3 Å². The molecule has 3 aromatic carbocycles. The molecule has 2 heterocycles. The number of nitrogens with zero attached hydrogens (tertiary/aromatic N) is 3. The summed E-state index contributed by atoms with van der Waals surface area (Å²) in [6, 6.07) is 11.2. The van der Waals surface area contributed by atoms with Crippen molar-refractivity contribution in [2.45, 2.75) is 18.9 Å². The van der Waals surface area contributed by atoms with E-state index in [0.29, 0.717) is 46.3 Å². The van der Waals surface area contributed by atoms with Crippen LogP contribution in [0.15, 0.2) is 58.8 Å². The van der Waals surface area contributed by atoms with Gasteiger partial charge in [0.05, 0.1) is 31.1 Å². The number of rotatable bonds is 9. The van der Waals surface area contributed by atoms with Gasteiger partial charge in [0.25, 0.3) is 11.6 Å². The molecule has 0 saturated heterocycles. The number of amides is 1. The SMILES string of the molecule is COc1c(/C=N\NC(=O)c2cccc([N+](=O)[O-])c2)c(C[C@H]2CC(c3ccc(F)cc3)=NO2)c(OC)c2c1OCO2. The third-order valence-corrected chi connectivity index (χ3v) is 6.30. The van der Waals surface area contributed by atoms with Crippen LogP contribution in [0.1, 0.15) is 33.5 Å². The fraction of sp³-hybridized carbons (Fsp3) is 0.222. The molecular weight excluding hydrogens is 527 g/mol. The molecule has 2 aliphatic heterocycles. The molecule has 1 atom stereocenters. The number of hydrogen-bond donors (Lipinski definition) is 1. The Bertz CT molecular complexity index is 1520. The van der Waals surface area contributed by atoms with Gasteiger partial charge in [-0.15, -0.1) is 0 Å². The number of carbonyl (C=O) groups is 1. The van der Waals surface area contributed by atoms with Crippen molar-refractivity contribution in [3.63, 3.8) is 0 Å². The highest BCUT2D eigenvalue weighted by atomic mass is 19.1. The van der Waals surface area contributed by atoms with Gasteiger partial charge in [-0.1, -0.05) is 23.4 Å². The Hall–Kier alpha value is -5.20. The molecule has 0 unspecified atom stereocenters. The number of nitro groups is 1.